The summed E-state index contributed by atoms with van der Waals surface area (Å²) in [6.07, 6.45) is 7.01. The lowest BCUT2D eigenvalue weighted by atomic mass is 9.90. The highest BCUT2D eigenvalue weighted by Gasteiger charge is 2.21. The monoisotopic (exact) mass is 973 g/mol. The van der Waals surface area contributed by atoms with Gasteiger partial charge in [0, 0.05) is 78.0 Å². The van der Waals surface area contributed by atoms with E-state index in [0.717, 1.165) is 5.56 Å². The third-order valence-corrected chi connectivity index (χ3v) is 12.9. The lowest BCUT2D eigenvalue weighted by Crippen LogP contribution is -2.32. The van der Waals surface area contributed by atoms with E-state index in [1.807, 2.05) is 19.9 Å². The van der Waals surface area contributed by atoms with Gasteiger partial charge in [-0.25, -0.2) is 9.59 Å². The van der Waals surface area contributed by atoms with E-state index >= 15 is 0 Å². The normalized spacial score (nSPS) is 11.0. The molecule has 0 fully saturated rings. The molecule has 11 nitrogen and oxygen atoms in total. The van der Waals surface area contributed by atoms with Gasteiger partial charge in [0.25, 0.3) is 0 Å². The number of phenolic OH excluding ortho intramolecular Hbond substituents is 1. The number of phenols is 2. The zero-order valence-corrected chi connectivity index (χ0v) is 42.3. The quantitative estimate of drug-likeness (QED) is 0.0560. The molecule has 2 aromatic heterocycles. The van der Waals surface area contributed by atoms with Crippen molar-refractivity contribution in [2.24, 2.45) is 7.05 Å². The van der Waals surface area contributed by atoms with Crippen LogP contribution in [0.5, 0.6) is 17.2 Å². The van der Waals surface area contributed by atoms with E-state index in [0.29, 0.717) is 33.5 Å². The number of rotatable bonds is 11. The number of hydrogen-bond donors (Lipinski definition) is 4. The van der Waals surface area contributed by atoms with E-state index < -0.39 is 23.4 Å². The molecule has 0 radical (unpaired) electrons. The summed E-state index contributed by atoms with van der Waals surface area (Å²) >= 11 is 0. The van der Waals surface area contributed by atoms with Gasteiger partial charge < -0.3 is 35.0 Å². The maximum atomic E-state index is 12.9. The molecule has 9 aromatic rings. The van der Waals surface area contributed by atoms with Gasteiger partial charge in [0.05, 0.1) is 5.56 Å². The molecule has 73 heavy (non-hydrogen) atoms. The van der Waals surface area contributed by atoms with Gasteiger partial charge in [0.15, 0.2) is 5.78 Å². The van der Waals surface area contributed by atoms with E-state index in [1.54, 1.807) is 66.7 Å². The molecule has 7 aromatic carbocycles. The smallest absolute Gasteiger partial charge is 0.339 e. The summed E-state index contributed by atoms with van der Waals surface area (Å²) in [5.74, 6) is -3.44. The predicted octanol–water partition coefficient (Wildman–Crippen LogP) is 12.2. The van der Waals surface area contributed by atoms with Crippen LogP contribution in [-0.2, 0) is 19.9 Å². The second kappa shape index (κ2) is 22.4. The first kappa shape index (κ1) is 51.9. The van der Waals surface area contributed by atoms with Gasteiger partial charge in [-0.2, -0.15) is 4.57 Å². The van der Waals surface area contributed by atoms with Crippen molar-refractivity contribution < 1.29 is 44.5 Å². The molecule has 0 bridgehead atoms. The Bertz CT molecular complexity index is 3520. The number of anilines is 1. The van der Waals surface area contributed by atoms with Crippen LogP contribution in [0.25, 0.3) is 50.3 Å². The van der Waals surface area contributed by atoms with E-state index in [4.69, 9.17) is 0 Å². The fourth-order valence-corrected chi connectivity index (χ4v) is 8.91. The summed E-state index contributed by atoms with van der Waals surface area (Å²) in [6, 6.07) is 45.3. The maximum Gasteiger partial charge on any atom is 0.339 e. The first-order valence-electron chi connectivity index (χ1n) is 23.7. The van der Waals surface area contributed by atoms with Crippen molar-refractivity contribution in [1.82, 2.24) is 4.57 Å². The third-order valence-electron chi connectivity index (χ3n) is 12.9. The first-order chi connectivity index (χ1) is 34.8. The maximum absolute atomic E-state index is 12.9. The number of fused-ring (bicyclic) bond motifs is 3. The molecule has 0 aliphatic rings. The minimum Gasteiger partial charge on any atom is -0.872 e. The van der Waals surface area contributed by atoms with Crippen LogP contribution in [0.3, 0.4) is 0 Å². The van der Waals surface area contributed by atoms with Crippen molar-refractivity contribution in [2.75, 3.05) is 19.0 Å². The standard InChI is InChI=1S/C26H28N3.C23H16O6.C13H16O2/c1-19-17-21(20(2)29(19)24-9-7-6-8-10-24)11-13-23-14-12-22-18-25(27(3)4)15-16-26(22)28(23)5;24-20-16(14-7-3-1-5-12(14)9-18(20)22(26)27)11-17-15-8-4-2-6-13(15)10-19(21(17)25)23(28)29;1-9(2)4-5-12-8-11(10(3)14)6-7-13(12)15/h6-18H,1-5H3;1-10,24-25H,11H2,(H,26,27)(H,28,29);4,6-8,15H,5H2,1-3H3/q+1;;/p-1. The van der Waals surface area contributed by atoms with Gasteiger partial charge in [-0.15, -0.1) is 0 Å². The molecule has 0 aliphatic heterocycles. The second-order valence-electron chi connectivity index (χ2n) is 18.4. The number of carbonyl (C=O) groups excluding carboxylic acids is 1. The number of nitrogens with zero attached hydrogens (tertiary/aromatic N) is 3. The number of aromatic hydroxyl groups is 2. The highest BCUT2D eigenvalue weighted by atomic mass is 16.4. The van der Waals surface area contributed by atoms with Crippen LogP contribution in [-0.4, -0.2) is 56.8 Å². The summed E-state index contributed by atoms with van der Waals surface area (Å²) in [5, 5.41) is 55.6. The molecular weight excluding hydrogens is 915 g/mol. The summed E-state index contributed by atoms with van der Waals surface area (Å²) in [7, 11) is 6.28. The van der Waals surface area contributed by atoms with Gasteiger partial charge >= 0.3 is 11.9 Å². The number of aryl methyl sites for hydroxylation is 2. The Morgan fingerprint density at radius 2 is 1.29 bits per heavy atom. The van der Waals surface area contributed by atoms with Crippen LogP contribution in [0.4, 0.5) is 5.69 Å². The summed E-state index contributed by atoms with van der Waals surface area (Å²) in [6.45, 7) is 9.88. The molecule has 11 heteroatoms. The van der Waals surface area contributed by atoms with Crippen molar-refractivity contribution >= 4 is 68.0 Å². The number of hydrogen-bond acceptors (Lipinski definition) is 7. The van der Waals surface area contributed by atoms with Gasteiger partial charge in [-0.05, 0) is 152 Å². The second-order valence-corrected chi connectivity index (χ2v) is 18.4. The minimum absolute atomic E-state index is 0.0217. The average Bonchev–Trinajstić information content (AvgIpc) is 3.66. The van der Waals surface area contributed by atoms with E-state index in [1.165, 1.54) is 69.6 Å². The number of allylic oxidation sites excluding steroid dienone is 2. The molecule has 0 unspecified atom stereocenters. The van der Waals surface area contributed by atoms with Gasteiger partial charge in [-0.1, -0.05) is 84.1 Å². The highest BCUT2D eigenvalue weighted by Crippen LogP contribution is 2.38. The lowest BCUT2D eigenvalue weighted by molar-refractivity contribution is -0.646. The Balaban J connectivity index is 0.000000169. The molecule has 9 rings (SSSR count). The number of pyridine rings is 1. The fourth-order valence-electron chi connectivity index (χ4n) is 8.91. The fraction of sp³-hybridized carbons (Fsp3) is 0.161. The number of aromatic nitrogens is 2. The van der Waals surface area contributed by atoms with Crippen molar-refractivity contribution in [3.05, 3.63) is 213 Å². The first-order valence-corrected chi connectivity index (χ1v) is 23.7. The Kier molecular flexibility index (Phi) is 15.9. The van der Waals surface area contributed by atoms with E-state index in [9.17, 15) is 39.9 Å². The topological polar surface area (TPSA) is 167 Å². The molecular formula is C62H59N3O8. The number of carbonyl (C=O) groups is 3. The predicted molar refractivity (Wildman–Crippen MR) is 291 cm³/mol. The van der Waals surface area contributed by atoms with Gasteiger partial charge in [-0.3, -0.25) is 4.79 Å². The Morgan fingerprint density at radius 1 is 0.671 bits per heavy atom. The van der Waals surface area contributed by atoms with Crippen molar-refractivity contribution in [3.8, 4) is 22.9 Å². The zero-order chi connectivity index (χ0) is 52.7. The number of aromatic carboxylic acids is 2. The van der Waals surface area contributed by atoms with Gasteiger partial charge in [0.1, 0.15) is 24.1 Å². The van der Waals surface area contributed by atoms with Crippen LogP contribution in [0.15, 0.2) is 157 Å². The Hall–Kier alpha value is -8.96. The van der Waals surface area contributed by atoms with Gasteiger partial charge in [0.2, 0.25) is 11.2 Å². The molecule has 370 valence electrons. The largest absolute Gasteiger partial charge is 0.872 e. The lowest BCUT2D eigenvalue weighted by Gasteiger charge is -2.21. The van der Waals surface area contributed by atoms with Crippen LogP contribution < -0.4 is 14.6 Å². The van der Waals surface area contributed by atoms with E-state index in [-0.39, 0.29) is 40.2 Å². The molecule has 2 heterocycles. The number of benzene rings is 7. The summed E-state index contributed by atoms with van der Waals surface area (Å²) in [5.41, 5.74) is 11.0. The third kappa shape index (κ3) is 11.6. The average molecular weight is 974 g/mol. The van der Waals surface area contributed by atoms with Crippen LogP contribution in [0.2, 0.25) is 0 Å². The molecule has 4 N–H and O–H groups in total. The molecule has 0 aliphatic carbocycles. The van der Waals surface area contributed by atoms with Crippen molar-refractivity contribution in [2.45, 2.75) is 47.5 Å². The molecule has 0 saturated carbocycles. The number of Topliss-reactive ketones (excluding diaryl/α,β-unsaturated/α-hetero) is 1. The van der Waals surface area contributed by atoms with Crippen LogP contribution >= 0.6 is 0 Å². The van der Waals surface area contributed by atoms with Crippen LogP contribution in [0, 0.1) is 13.8 Å². The number of ketones is 1. The van der Waals surface area contributed by atoms with E-state index in [2.05, 4.69) is 128 Å². The molecule has 0 atom stereocenters. The minimum atomic E-state index is -1.34. The zero-order valence-electron chi connectivity index (χ0n) is 42.3. The Labute approximate surface area is 425 Å². The van der Waals surface area contributed by atoms with Crippen molar-refractivity contribution in [1.29, 1.82) is 0 Å². The number of para-hydroxylation sites is 1. The van der Waals surface area contributed by atoms with Crippen LogP contribution in [0.1, 0.15) is 91.2 Å². The SMILES string of the molecule is CC(=O)c1ccc(O)c(CC=C(C)C)c1.Cc1cc(C=Cc2ccc3cc(N(C)C)ccc3[n+]2C)c(C)n1-c1ccccc1.O=C(O)c1cc2ccccc2c(Cc2c(O)c(C(=O)O)cc3ccccc23)c1[O-]. The molecule has 0 spiro atoms. The Morgan fingerprint density at radius 3 is 1.90 bits per heavy atom. The molecule has 0 saturated heterocycles. The summed E-state index contributed by atoms with van der Waals surface area (Å²) in [4.78, 5) is 36.4. The number of carboxylic acids is 2. The summed E-state index contributed by atoms with van der Waals surface area (Å²) < 4.78 is 4.56. The van der Waals surface area contributed by atoms with Crippen molar-refractivity contribution in [3.63, 3.8) is 0 Å². The number of carboxylic acid groups (broad SMARTS) is 2. The molecule has 0 amide bonds. The highest BCUT2D eigenvalue weighted by molar-refractivity contribution is 6.02.